The first-order valence-electron chi connectivity index (χ1n) is 7.40. The van der Waals surface area contributed by atoms with Gasteiger partial charge in [0.1, 0.15) is 6.61 Å². The monoisotopic (exact) mass is 309 g/mol. The number of rotatable bonds is 7. The maximum atomic E-state index is 12.0. The van der Waals surface area contributed by atoms with E-state index in [-0.39, 0.29) is 5.60 Å². The van der Waals surface area contributed by atoms with Gasteiger partial charge in [-0.2, -0.15) is 11.8 Å². The molecule has 2 aliphatic rings. The number of alkyl halides is 2. The van der Waals surface area contributed by atoms with Crippen molar-refractivity contribution in [2.24, 2.45) is 5.92 Å². The summed E-state index contributed by atoms with van der Waals surface area (Å²) in [7, 11) is 1.95. The fourth-order valence-corrected chi connectivity index (χ4v) is 4.65. The van der Waals surface area contributed by atoms with Crippen molar-refractivity contribution in [2.75, 3.05) is 38.4 Å². The molecule has 2 heterocycles. The van der Waals surface area contributed by atoms with Crippen LogP contribution in [0.1, 0.15) is 25.7 Å². The van der Waals surface area contributed by atoms with Crippen LogP contribution in [0, 0.1) is 5.92 Å². The van der Waals surface area contributed by atoms with Crippen molar-refractivity contribution in [3.05, 3.63) is 0 Å². The van der Waals surface area contributed by atoms with Crippen LogP contribution in [0.5, 0.6) is 0 Å². The third-order valence-electron chi connectivity index (χ3n) is 4.36. The Balaban J connectivity index is 1.77. The molecule has 6 heteroatoms. The summed E-state index contributed by atoms with van der Waals surface area (Å²) in [4.78, 5) is 0. The molecular weight excluding hydrogens is 284 g/mol. The summed E-state index contributed by atoms with van der Waals surface area (Å²) in [5.41, 5.74) is 0.0759. The molecule has 0 bridgehead atoms. The molecule has 0 aliphatic carbocycles. The lowest BCUT2D eigenvalue weighted by molar-refractivity contribution is -0.0865. The molecule has 3 nitrogen and oxygen atoms in total. The second-order valence-electron chi connectivity index (χ2n) is 5.74. The molecule has 0 saturated carbocycles. The van der Waals surface area contributed by atoms with E-state index in [2.05, 4.69) is 5.32 Å². The minimum Gasteiger partial charge on any atom is -0.375 e. The zero-order chi connectivity index (χ0) is 14.4. The van der Waals surface area contributed by atoms with E-state index < -0.39 is 13.0 Å². The lowest BCUT2D eigenvalue weighted by atomic mass is 9.80. The number of hydrogen-bond donors (Lipinski definition) is 1. The van der Waals surface area contributed by atoms with E-state index >= 15 is 0 Å². The maximum Gasteiger partial charge on any atom is 0.261 e. The Bertz CT molecular complexity index is 288. The van der Waals surface area contributed by atoms with Crippen LogP contribution in [0.25, 0.3) is 0 Å². The van der Waals surface area contributed by atoms with Crippen molar-refractivity contribution in [2.45, 2.75) is 43.8 Å². The van der Waals surface area contributed by atoms with Gasteiger partial charge in [-0.25, -0.2) is 8.78 Å². The smallest absolute Gasteiger partial charge is 0.261 e. The quantitative estimate of drug-likeness (QED) is 0.732. The highest BCUT2D eigenvalue weighted by atomic mass is 32.2. The normalized spacial score (nSPS) is 32.1. The van der Waals surface area contributed by atoms with Gasteiger partial charge in [-0.3, -0.25) is 0 Å². The summed E-state index contributed by atoms with van der Waals surface area (Å²) >= 11 is 1.97. The van der Waals surface area contributed by atoms with Gasteiger partial charge in [-0.05, 0) is 44.4 Å². The highest BCUT2D eigenvalue weighted by Gasteiger charge is 2.42. The van der Waals surface area contributed by atoms with E-state index in [4.69, 9.17) is 9.47 Å². The fourth-order valence-electron chi connectivity index (χ4n) is 3.27. The first kappa shape index (κ1) is 16.5. The van der Waals surface area contributed by atoms with Gasteiger partial charge in [-0.1, -0.05) is 0 Å². The maximum absolute atomic E-state index is 12.0. The minimum absolute atomic E-state index is 0.0759. The van der Waals surface area contributed by atoms with Crippen molar-refractivity contribution in [1.29, 1.82) is 0 Å². The average Bonchev–Trinajstić information content (AvgIpc) is 2.86. The number of nitrogens with one attached hydrogen (secondary N) is 1. The number of thioether (sulfide) groups is 1. The van der Waals surface area contributed by atoms with E-state index in [1.807, 2.05) is 18.8 Å². The lowest BCUT2D eigenvalue weighted by Gasteiger charge is -2.41. The summed E-state index contributed by atoms with van der Waals surface area (Å²) in [5.74, 6) is 2.85. The topological polar surface area (TPSA) is 30.5 Å². The molecule has 2 aliphatic heterocycles. The molecule has 1 spiro atoms. The van der Waals surface area contributed by atoms with Crippen molar-refractivity contribution in [1.82, 2.24) is 5.32 Å². The van der Waals surface area contributed by atoms with E-state index in [1.54, 1.807) is 0 Å². The molecule has 20 heavy (non-hydrogen) atoms. The number of halogens is 2. The first-order chi connectivity index (χ1) is 9.65. The van der Waals surface area contributed by atoms with E-state index in [0.717, 1.165) is 38.0 Å². The van der Waals surface area contributed by atoms with Crippen LogP contribution in [-0.4, -0.2) is 56.4 Å². The second kappa shape index (κ2) is 7.92. The SMILES string of the molecule is CNC(CCOCC(F)F)C1CCOC2(CCSC2)C1. The Morgan fingerprint density at radius 3 is 3.00 bits per heavy atom. The summed E-state index contributed by atoms with van der Waals surface area (Å²) in [6, 6.07) is 0.332. The lowest BCUT2D eigenvalue weighted by Crippen LogP contribution is -2.46. The van der Waals surface area contributed by atoms with Gasteiger partial charge >= 0.3 is 0 Å². The van der Waals surface area contributed by atoms with Crippen LogP contribution in [0.3, 0.4) is 0 Å². The summed E-state index contributed by atoms with van der Waals surface area (Å²) in [6.07, 6.45) is 1.70. The molecule has 3 atom stereocenters. The number of ether oxygens (including phenoxy) is 2. The van der Waals surface area contributed by atoms with Crippen LogP contribution >= 0.6 is 11.8 Å². The molecule has 0 amide bonds. The second-order valence-corrected chi connectivity index (χ2v) is 6.84. The van der Waals surface area contributed by atoms with Gasteiger partial charge in [0.05, 0.1) is 5.60 Å². The van der Waals surface area contributed by atoms with E-state index in [0.29, 0.717) is 18.6 Å². The molecule has 0 aromatic rings. The highest BCUT2D eigenvalue weighted by molar-refractivity contribution is 7.99. The molecular formula is C14H25F2NO2S. The molecule has 2 fully saturated rings. The fraction of sp³-hybridized carbons (Fsp3) is 1.00. The van der Waals surface area contributed by atoms with Gasteiger partial charge < -0.3 is 14.8 Å². The van der Waals surface area contributed by atoms with Gasteiger partial charge in [0, 0.05) is 25.0 Å². The standard InChI is InChI=1S/C14H25F2NO2S/c1-17-12(3-5-18-9-13(15)16)11-2-6-19-14(8-11)4-7-20-10-14/h11-13,17H,2-10H2,1H3. The van der Waals surface area contributed by atoms with Crippen molar-refractivity contribution in [3.63, 3.8) is 0 Å². The minimum atomic E-state index is -2.37. The molecule has 0 aromatic carbocycles. The third kappa shape index (κ3) is 4.55. The molecule has 2 rings (SSSR count). The summed E-state index contributed by atoms with van der Waals surface area (Å²) in [6.45, 7) is 0.765. The van der Waals surface area contributed by atoms with Gasteiger partial charge in [0.2, 0.25) is 0 Å². The molecule has 2 saturated heterocycles. The van der Waals surface area contributed by atoms with Crippen LogP contribution in [0.2, 0.25) is 0 Å². The summed E-state index contributed by atoms with van der Waals surface area (Å²) in [5, 5.41) is 3.34. The van der Waals surface area contributed by atoms with Crippen molar-refractivity contribution in [3.8, 4) is 0 Å². The average molecular weight is 309 g/mol. The first-order valence-corrected chi connectivity index (χ1v) is 8.55. The zero-order valence-electron chi connectivity index (χ0n) is 12.1. The van der Waals surface area contributed by atoms with E-state index in [9.17, 15) is 8.78 Å². The van der Waals surface area contributed by atoms with Gasteiger partial charge in [-0.15, -0.1) is 0 Å². The molecule has 0 radical (unpaired) electrons. The molecule has 3 unspecified atom stereocenters. The molecule has 0 aromatic heterocycles. The molecule has 1 N–H and O–H groups in total. The Hall–Kier alpha value is 0.0900. The number of hydrogen-bond acceptors (Lipinski definition) is 4. The van der Waals surface area contributed by atoms with Crippen LogP contribution in [-0.2, 0) is 9.47 Å². The van der Waals surface area contributed by atoms with Crippen LogP contribution in [0.4, 0.5) is 8.78 Å². The Morgan fingerprint density at radius 1 is 1.50 bits per heavy atom. The largest absolute Gasteiger partial charge is 0.375 e. The van der Waals surface area contributed by atoms with Crippen LogP contribution in [0.15, 0.2) is 0 Å². The third-order valence-corrected chi connectivity index (χ3v) is 5.58. The van der Waals surface area contributed by atoms with Crippen molar-refractivity contribution >= 4 is 11.8 Å². The highest BCUT2D eigenvalue weighted by Crippen LogP contribution is 2.41. The Morgan fingerprint density at radius 2 is 2.35 bits per heavy atom. The predicted molar refractivity (Wildman–Crippen MR) is 77.6 cm³/mol. The van der Waals surface area contributed by atoms with E-state index in [1.165, 1.54) is 5.75 Å². The Labute approximate surface area is 124 Å². The van der Waals surface area contributed by atoms with Crippen molar-refractivity contribution < 1.29 is 18.3 Å². The van der Waals surface area contributed by atoms with Gasteiger partial charge in [0.25, 0.3) is 6.43 Å². The predicted octanol–water partition coefficient (Wildman–Crippen LogP) is 2.55. The zero-order valence-corrected chi connectivity index (χ0v) is 12.9. The van der Waals surface area contributed by atoms with Gasteiger partial charge in [0.15, 0.2) is 0 Å². The Kier molecular flexibility index (Phi) is 6.52. The summed E-state index contributed by atoms with van der Waals surface area (Å²) < 4.78 is 35.1. The van der Waals surface area contributed by atoms with Crippen LogP contribution < -0.4 is 5.32 Å². The molecule has 118 valence electrons.